The zero-order valence-electron chi connectivity index (χ0n) is 19.7. The van der Waals surface area contributed by atoms with E-state index in [2.05, 4.69) is 32.9 Å². The number of carbonyl (C=O) groups excluding carboxylic acids is 1. The van der Waals surface area contributed by atoms with E-state index < -0.39 is 0 Å². The summed E-state index contributed by atoms with van der Waals surface area (Å²) in [6.07, 6.45) is 16.7. The third-order valence-electron chi connectivity index (χ3n) is 7.85. The Morgan fingerprint density at radius 2 is 1.47 bits per heavy atom. The highest BCUT2D eigenvalue weighted by Gasteiger charge is 2.29. The number of esters is 1. The van der Waals surface area contributed by atoms with E-state index in [-0.39, 0.29) is 12.1 Å². The Hall–Kier alpha value is -1.31. The zero-order chi connectivity index (χ0) is 21.3. The third kappa shape index (κ3) is 6.59. The molecule has 168 valence electrons. The largest absolute Gasteiger partial charge is 0.459 e. The zero-order valence-corrected chi connectivity index (χ0v) is 19.7. The molecule has 0 amide bonds. The van der Waals surface area contributed by atoms with Gasteiger partial charge >= 0.3 is 5.97 Å². The maximum Gasteiger partial charge on any atom is 0.338 e. The van der Waals surface area contributed by atoms with Crippen LogP contribution in [0.25, 0.3) is 0 Å². The van der Waals surface area contributed by atoms with Crippen LogP contribution in [-0.2, 0) is 4.74 Å². The summed E-state index contributed by atoms with van der Waals surface area (Å²) >= 11 is 0. The molecule has 0 radical (unpaired) electrons. The lowest BCUT2D eigenvalue weighted by Crippen LogP contribution is -2.24. The second-order valence-electron chi connectivity index (χ2n) is 10.2. The van der Waals surface area contributed by atoms with E-state index in [9.17, 15) is 4.79 Å². The summed E-state index contributed by atoms with van der Waals surface area (Å²) in [5, 5.41) is 0. The van der Waals surface area contributed by atoms with Crippen molar-refractivity contribution in [1.29, 1.82) is 0 Å². The number of unbranched alkanes of at least 4 members (excludes halogenated alkanes) is 2. The van der Waals surface area contributed by atoms with Gasteiger partial charge in [-0.2, -0.15) is 0 Å². The molecule has 2 aliphatic carbocycles. The van der Waals surface area contributed by atoms with Crippen molar-refractivity contribution in [2.45, 2.75) is 116 Å². The van der Waals surface area contributed by atoms with Crippen LogP contribution in [0.1, 0.15) is 126 Å². The van der Waals surface area contributed by atoms with Gasteiger partial charge in [-0.25, -0.2) is 4.79 Å². The highest BCUT2D eigenvalue weighted by molar-refractivity contribution is 5.89. The quantitative estimate of drug-likeness (QED) is 0.381. The Morgan fingerprint density at radius 1 is 0.867 bits per heavy atom. The van der Waals surface area contributed by atoms with E-state index >= 15 is 0 Å². The van der Waals surface area contributed by atoms with Crippen molar-refractivity contribution < 1.29 is 9.53 Å². The average molecular weight is 413 g/mol. The molecule has 2 aliphatic rings. The standard InChI is InChI=1S/C28H44O2/c1-4-6-8-22-10-17-26(18-11-22)30-28(29)25-15-13-24(14-16-25)27-19-12-23(9-7-5-2)20-21(27)3/h13-16,21-23,26-27H,4-12,17-20H2,1-3H3/t21-,22?,23?,26?,27-/m1/s1. The summed E-state index contributed by atoms with van der Waals surface area (Å²) < 4.78 is 5.85. The number of hydrogen-bond acceptors (Lipinski definition) is 2. The van der Waals surface area contributed by atoms with Gasteiger partial charge in [0.05, 0.1) is 5.56 Å². The van der Waals surface area contributed by atoms with Crippen molar-refractivity contribution >= 4 is 5.97 Å². The van der Waals surface area contributed by atoms with Crippen LogP contribution in [-0.4, -0.2) is 12.1 Å². The van der Waals surface area contributed by atoms with E-state index in [0.717, 1.165) is 36.2 Å². The Balaban J connectivity index is 1.47. The first-order valence-corrected chi connectivity index (χ1v) is 12.9. The van der Waals surface area contributed by atoms with Gasteiger partial charge < -0.3 is 4.74 Å². The number of carbonyl (C=O) groups is 1. The summed E-state index contributed by atoms with van der Waals surface area (Å²) in [6, 6.07) is 8.37. The van der Waals surface area contributed by atoms with Gasteiger partial charge in [-0.05, 0) is 86.3 Å². The molecule has 0 N–H and O–H groups in total. The molecule has 1 aromatic rings. The van der Waals surface area contributed by atoms with Crippen LogP contribution >= 0.6 is 0 Å². The first kappa shape index (κ1) is 23.4. The number of benzene rings is 1. The average Bonchev–Trinajstić information content (AvgIpc) is 2.77. The lowest BCUT2D eigenvalue weighted by molar-refractivity contribution is 0.0161. The molecule has 0 aromatic heterocycles. The first-order valence-electron chi connectivity index (χ1n) is 12.9. The van der Waals surface area contributed by atoms with Gasteiger partial charge in [-0.3, -0.25) is 0 Å². The summed E-state index contributed by atoms with van der Waals surface area (Å²) in [5.74, 6) is 3.02. The summed E-state index contributed by atoms with van der Waals surface area (Å²) in [4.78, 5) is 12.6. The maximum absolute atomic E-state index is 12.6. The lowest BCUT2D eigenvalue weighted by atomic mass is 9.71. The van der Waals surface area contributed by atoms with E-state index in [1.165, 1.54) is 76.2 Å². The molecule has 0 saturated heterocycles. The van der Waals surface area contributed by atoms with Crippen LogP contribution in [0, 0.1) is 17.8 Å². The Labute approximate surface area is 185 Å². The van der Waals surface area contributed by atoms with Crippen LogP contribution in [0.2, 0.25) is 0 Å². The predicted molar refractivity (Wildman–Crippen MR) is 126 cm³/mol. The summed E-state index contributed by atoms with van der Waals surface area (Å²) in [7, 11) is 0. The van der Waals surface area contributed by atoms with Crippen LogP contribution in [0.3, 0.4) is 0 Å². The number of hydrogen-bond donors (Lipinski definition) is 0. The molecule has 2 fully saturated rings. The highest BCUT2D eigenvalue weighted by atomic mass is 16.5. The molecule has 0 spiro atoms. The van der Waals surface area contributed by atoms with Crippen LogP contribution in [0.4, 0.5) is 0 Å². The normalized spacial score (nSPS) is 29.5. The Kier molecular flexibility index (Phi) is 9.27. The molecule has 3 atom stereocenters. The fourth-order valence-electron chi connectivity index (χ4n) is 5.87. The minimum absolute atomic E-state index is 0.119. The Morgan fingerprint density at radius 3 is 2.07 bits per heavy atom. The summed E-state index contributed by atoms with van der Waals surface area (Å²) in [6.45, 7) is 6.97. The van der Waals surface area contributed by atoms with Crippen molar-refractivity contribution in [2.24, 2.45) is 17.8 Å². The van der Waals surface area contributed by atoms with Gasteiger partial charge in [0, 0.05) is 0 Å². The van der Waals surface area contributed by atoms with E-state index in [1.54, 1.807) is 0 Å². The van der Waals surface area contributed by atoms with Crippen LogP contribution < -0.4 is 0 Å². The second-order valence-corrected chi connectivity index (χ2v) is 10.2. The van der Waals surface area contributed by atoms with E-state index in [0.29, 0.717) is 5.92 Å². The van der Waals surface area contributed by atoms with E-state index in [1.807, 2.05) is 12.1 Å². The van der Waals surface area contributed by atoms with Crippen molar-refractivity contribution in [2.75, 3.05) is 0 Å². The predicted octanol–water partition coefficient (Wildman–Crippen LogP) is 8.30. The molecular weight excluding hydrogens is 368 g/mol. The van der Waals surface area contributed by atoms with Crippen molar-refractivity contribution in [3.63, 3.8) is 0 Å². The molecule has 2 saturated carbocycles. The molecule has 0 heterocycles. The Bertz CT molecular complexity index is 627. The fourth-order valence-corrected chi connectivity index (χ4v) is 5.87. The molecule has 0 bridgehead atoms. The molecule has 2 heteroatoms. The molecule has 0 aliphatic heterocycles. The molecule has 2 nitrogen and oxygen atoms in total. The minimum atomic E-state index is -0.130. The molecular formula is C28H44O2. The molecule has 1 unspecified atom stereocenters. The third-order valence-corrected chi connectivity index (χ3v) is 7.85. The fraction of sp³-hybridized carbons (Fsp3) is 0.750. The van der Waals surface area contributed by atoms with Gasteiger partial charge in [-0.1, -0.05) is 71.4 Å². The van der Waals surface area contributed by atoms with E-state index in [4.69, 9.17) is 4.74 Å². The number of ether oxygens (including phenoxy) is 1. The minimum Gasteiger partial charge on any atom is -0.459 e. The monoisotopic (exact) mass is 412 g/mol. The SMILES string of the molecule is CCCCC1CCC(OC(=O)c2ccc([C@@H]3CCC(CCCC)C[C@H]3C)cc2)CC1. The van der Waals surface area contributed by atoms with Crippen molar-refractivity contribution in [1.82, 2.24) is 0 Å². The van der Waals surface area contributed by atoms with Crippen LogP contribution in [0.15, 0.2) is 24.3 Å². The van der Waals surface area contributed by atoms with Gasteiger partial charge in [-0.15, -0.1) is 0 Å². The van der Waals surface area contributed by atoms with Crippen molar-refractivity contribution in [3.8, 4) is 0 Å². The first-order chi connectivity index (χ1) is 14.6. The maximum atomic E-state index is 12.6. The molecule has 3 rings (SSSR count). The number of rotatable bonds is 9. The smallest absolute Gasteiger partial charge is 0.338 e. The highest BCUT2D eigenvalue weighted by Crippen LogP contribution is 2.41. The lowest BCUT2D eigenvalue weighted by Gasteiger charge is -2.34. The van der Waals surface area contributed by atoms with Gasteiger partial charge in [0.15, 0.2) is 0 Å². The topological polar surface area (TPSA) is 26.3 Å². The van der Waals surface area contributed by atoms with Gasteiger partial charge in [0.2, 0.25) is 0 Å². The van der Waals surface area contributed by atoms with Gasteiger partial charge in [0.25, 0.3) is 0 Å². The second kappa shape index (κ2) is 11.9. The summed E-state index contributed by atoms with van der Waals surface area (Å²) in [5.41, 5.74) is 2.13. The molecule has 1 aromatic carbocycles. The molecule has 30 heavy (non-hydrogen) atoms. The van der Waals surface area contributed by atoms with Crippen LogP contribution in [0.5, 0.6) is 0 Å². The van der Waals surface area contributed by atoms with Crippen molar-refractivity contribution in [3.05, 3.63) is 35.4 Å². The van der Waals surface area contributed by atoms with Gasteiger partial charge in [0.1, 0.15) is 6.10 Å².